The minimum atomic E-state index is -1.02. The fourth-order valence-electron chi connectivity index (χ4n) is 1.31. The van der Waals surface area contributed by atoms with Crippen molar-refractivity contribution in [3.05, 3.63) is 0 Å². The third-order valence-electron chi connectivity index (χ3n) is 2.58. The second kappa shape index (κ2) is 7.26. The second-order valence-electron chi connectivity index (χ2n) is 4.08. The highest BCUT2D eigenvalue weighted by Crippen LogP contribution is 2.12. The lowest BCUT2D eigenvalue weighted by Gasteiger charge is -2.13. The van der Waals surface area contributed by atoms with Crippen LogP contribution in [0.3, 0.4) is 0 Å². The Balaban J connectivity index is 3.40. The highest BCUT2D eigenvalue weighted by molar-refractivity contribution is 5.67. The van der Waals surface area contributed by atoms with Crippen molar-refractivity contribution in [3.8, 4) is 0 Å². The SMILES string of the molecule is C[C@@H](CCCCC[C@H](C)C(=O)[O-])C(=O)[O-]. The van der Waals surface area contributed by atoms with Crippen molar-refractivity contribution in [2.24, 2.45) is 11.8 Å². The molecule has 15 heavy (non-hydrogen) atoms. The lowest BCUT2D eigenvalue weighted by molar-refractivity contribution is -0.312. The van der Waals surface area contributed by atoms with Gasteiger partial charge in [-0.25, -0.2) is 0 Å². The molecule has 0 aromatic carbocycles. The topological polar surface area (TPSA) is 80.3 Å². The fourth-order valence-corrected chi connectivity index (χ4v) is 1.31. The Kier molecular flexibility index (Phi) is 6.75. The molecule has 0 unspecified atom stereocenters. The minimum Gasteiger partial charge on any atom is -0.550 e. The summed E-state index contributed by atoms with van der Waals surface area (Å²) in [5.41, 5.74) is 0. The predicted octanol–water partition coefficient (Wildman–Crippen LogP) is -0.291. The van der Waals surface area contributed by atoms with Crippen LogP contribution in [-0.2, 0) is 9.59 Å². The van der Waals surface area contributed by atoms with Crippen LogP contribution in [0.4, 0.5) is 0 Å². The van der Waals surface area contributed by atoms with Crippen LogP contribution in [0.5, 0.6) is 0 Å². The number of unbranched alkanes of at least 4 members (excludes halogenated alkanes) is 2. The minimum absolute atomic E-state index is 0.413. The van der Waals surface area contributed by atoms with Gasteiger partial charge in [-0.1, -0.05) is 33.1 Å². The van der Waals surface area contributed by atoms with Gasteiger partial charge in [-0.3, -0.25) is 0 Å². The monoisotopic (exact) mass is 214 g/mol. The van der Waals surface area contributed by atoms with E-state index in [-0.39, 0.29) is 0 Å². The first-order valence-corrected chi connectivity index (χ1v) is 5.37. The summed E-state index contributed by atoms with van der Waals surface area (Å²) in [6, 6.07) is 0. The molecule has 0 bridgehead atoms. The Morgan fingerprint density at radius 1 is 0.867 bits per heavy atom. The summed E-state index contributed by atoms with van der Waals surface area (Å²) in [5.74, 6) is -2.86. The molecule has 0 rings (SSSR count). The highest BCUT2D eigenvalue weighted by atomic mass is 16.4. The van der Waals surface area contributed by atoms with Gasteiger partial charge < -0.3 is 19.8 Å². The number of aliphatic carboxylic acids is 2. The summed E-state index contributed by atoms with van der Waals surface area (Å²) in [6.45, 7) is 3.25. The van der Waals surface area contributed by atoms with Crippen molar-refractivity contribution in [3.63, 3.8) is 0 Å². The van der Waals surface area contributed by atoms with E-state index >= 15 is 0 Å². The molecule has 0 aromatic rings. The normalized spacial score (nSPS) is 14.5. The van der Waals surface area contributed by atoms with E-state index in [9.17, 15) is 19.8 Å². The standard InChI is InChI=1S/C11H20O4/c1-8(10(12)13)6-4-3-5-7-9(2)11(14)15/h8-9H,3-7H2,1-2H3,(H,12,13)(H,14,15)/p-2/t8-,9-/m0/s1. The van der Waals surface area contributed by atoms with Crippen LogP contribution in [0, 0.1) is 11.8 Å². The maximum Gasteiger partial charge on any atom is 0.0442 e. The van der Waals surface area contributed by atoms with E-state index in [0.29, 0.717) is 12.8 Å². The van der Waals surface area contributed by atoms with Crippen LogP contribution in [0.1, 0.15) is 46.0 Å². The van der Waals surface area contributed by atoms with Crippen LogP contribution in [-0.4, -0.2) is 11.9 Å². The van der Waals surface area contributed by atoms with Gasteiger partial charge in [0, 0.05) is 11.9 Å². The average Bonchev–Trinajstić information content (AvgIpc) is 2.16. The fraction of sp³-hybridized carbons (Fsp3) is 0.818. The van der Waals surface area contributed by atoms with E-state index in [1.54, 1.807) is 13.8 Å². The Morgan fingerprint density at radius 2 is 1.20 bits per heavy atom. The van der Waals surface area contributed by atoms with Crippen LogP contribution < -0.4 is 10.2 Å². The summed E-state index contributed by atoms with van der Waals surface area (Å²) >= 11 is 0. The summed E-state index contributed by atoms with van der Waals surface area (Å²) in [6.07, 6.45) is 3.66. The molecule has 0 fully saturated rings. The van der Waals surface area contributed by atoms with Crippen molar-refractivity contribution in [1.82, 2.24) is 0 Å². The van der Waals surface area contributed by atoms with Crippen LogP contribution >= 0.6 is 0 Å². The quantitative estimate of drug-likeness (QED) is 0.520. The first kappa shape index (κ1) is 13.9. The maximum atomic E-state index is 10.4. The van der Waals surface area contributed by atoms with Gasteiger partial charge in [0.2, 0.25) is 0 Å². The van der Waals surface area contributed by atoms with Crippen molar-refractivity contribution in [1.29, 1.82) is 0 Å². The first-order chi connectivity index (χ1) is 6.95. The van der Waals surface area contributed by atoms with Gasteiger partial charge in [0.1, 0.15) is 0 Å². The zero-order valence-electron chi connectivity index (χ0n) is 9.32. The molecule has 0 saturated heterocycles. The summed E-state index contributed by atoms with van der Waals surface area (Å²) in [5, 5.41) is 20.7. The number of hydrogen-bond acceptors (Lipinski definition) is 4. The first-order valence-electron chi connectivity index (χ1n) is 5.37. The number of rotatable bonds is 8. The van der Waals surface area contributed by atoms with Gasteiger partial charge in [-0.05, 0) is 24.7 Å². The highest BCUT2D eigenvalue weighted by Gasteiger charge is 2.04. The summed E-state index contributed by atoms with van der Waals surface area (Å²) in [7, 11) is 0. The largest absolute Gasteiger partial charge is 0.550 e. The Labute approximate surface area is 90.3 Å². The van der Waals surface area contributed by atoms with Gasteiger partial charge in [0.05, 0.1) is 0 Å². The number of carboxylic acid groups (broad SMARTS) is 2. The van der Waals surface area contributed by atoms with E-state index in [1.807, 2.05) is 0 Å². The number of carbonyl (C=O) groups excluding carboxylic acids is 2. The average molecular weight is 214 g/mol. The maximum absolute atomic E-state index is 10.4. The molecular weight excluding hydrogens is 196 g/mol. The molecule has 0 spiro atoms. The predicted molar refractivity (Wildman–Crippen MR) is 51.4 cm³/mol. The van der Waals surface area contributed by atoms with Crippen molar-refractivity contribution >= 4 is 11.9 Å². The zero-order valence-corrected chi connectivity index (χ0v) is 9.32. The molecule has 0 aromatic heterocycles. The van der Waals surface area contributed by atoms with Gasteiger partial charge in [0.25, 0.3) is 0 Å². The van der Waals surface area contributed by atoms with Crippen LogP contribution in [0.15, 0.2) is 0 Å². The van der Waals surface area contributed by atoms with Crippen LogP contribution in [0.2, 0.25) is 0 Å². The van der Waals surface area contributed by atoms with Crippen molar-refractivity contribution < 1.29 is 19.8 Å². The van der Waals surface area contributed by atoms with Crippen LogP contribution in [0.25, 0.3) is 0 Å². The molecular formula is C11H18O4-2. The molecule has 88 valence electrons. The molecule has 0 aliphatic heterocycles. The van der Waals surface area contributed by atoms with E-state index in [1.165, 1.54) is 0 Å². The number of hydrogen-bond donors (Lipinski definition) is 0. The lowest BCUT2D eigenvalue weighted by Crippen LogP contribution is -2.29. The van der Waals surface area contributed by atoms with E-state index in [4.69, 9.17) is 0 Å². The molecule has 4 heteroatoms. The van der Waals surface area contributed by atoms with E-state index < -0.39 is 23.8 Å². The molecule has 0 heterocycles. The van der Waals surface area contributed by atoms with Crippen molar-refractivity contribution in [2.45, 2.75) is 46.0 Å². The zero-order chi connectivity index (χ0) is 11.8. The molecule has 0 saturated carbocycles. The third-order valence-corrected chi connectivity index (χ3v) is 2.58. The molecule has 4 nitrogen and oxygen atoms in total. The molecule has 0 radical (unpaired) electrons. The van der Waals surface area contributed by atoms with Gasteiger partial charge in [0.15, 0.2) is 0 Å². The van der Waals surface area contributed by atoms with Gasteiger partial charge in [-0.15, -0.1) is 0 Å². The Hall–Kier alpha value is -1.06. The molecule has 0 N–H and O–H groups in total. The van der Waals surface area contributed by atoms with Crippen molar-refractivity contribution in [2.75, 3.05) is 0 Å². The molecule has 0 aliphatic rings. The van der Waals surface area contributed by atoms with E-state index in [2.05, 4.69) is 0 Å². The Morgan fingerprint density at radius 3 is 1.47 bits per heavy atom. The third kappa shape index (κ3) is 6.94. The smallest absolute Gasteiger partial charge is 0.0442 e. The number of carbonyl (C=O) groups is 2. The Bertz CT molecular complexity index is 191. The molecule has 0 aliphatic carbocycles. The summed E-state index contributed by atoms with van der Waals surface area (Å²) in [4.78, 5) is 20.7. The molecule has 0 amide bonds. The lowest BCUT2D eigenvalue weighted by atomic mass is 9.99. The summed E-state index contributed by atoms with van der Waals surface area (Å²) < 4.78 is 0. The second-order valence-corrected chi connectivity index (χ2v) is 4.08. The van der Waals surface area contributed by atoms with Gasteiger partial charge in [-0.2, -0.15) is 0 Å². The molecule has 2 atom stereocenters. The number of carboxylic acids is 2. The van der Waals surface area contributed by atoms with E-state index in [0.717, 1.165) is 19.3 Å². The van der Waals surface area contributed by atoms with Gasteiger partial charge >= 0.3 is 0 Å².